The van der Waals surface area contributed by atoms with Crippen molar-refractivity contribution in [3.05, 3.63) is 64.1 Å². The minimum absolute atomic E-state index is 0.308. The van der Waals surface area contributed by atoms with Crippen molar-refractivity contribution in [2.45, 2.75) is 32.9 Å². The summed E-state index contributed by atoms with van der Waals surface area (Å²) in [6, 6.07) is 17.0. The van der Waals surface area contributed by atoms with Crippen molar-refractivity contribution in [3.8, 4) is 5.75 Å². The Labute approximate surface area is 135 Å². The van der Waals surface area contributed by atoms with Crippen LogP contribution in [0.5, 0.6) is 5.75 Å². The first-order chi connectivity index (χ1) is 10.2. The second-order valence-corrected chi connectivity index (χ2v) is 6.07. The van der Waals surface area contributed by atoms with E-state index in [-0.39, 0.29) is 0 Å². The average Bonchev–Trinajstić information content (AvgIpc) is 2.51. The topological polar surface area (TPSA) is 21.3 Å². The molecule has 2 rings (SSSR count). The minimum atomic E-state index is 0.308. The third kappa shape index (κ3) is 5.18. The van der Waals surface area contributed by atoms with Crippen LogP contribution in [-0.2, 0) is 6.54 Å². The summed E-state index contributed by atoms with van der Waals surface area (Å²) >= 11 is 3.52. The lowest BCUT2D eigenvalue weighted by molar-refractivity contribution is 0.317. The van der Waals surface area contributed by atoms with Crippen LogP contribution in [0.15, 0.2) is 53.0 Å². The van der Waals surface area contributed by atoms with E-state index >= 15 is 0 Å². The number of halogens is 1. The molecular formula is C18H22BrNO. The molecule has 0 heterocycles. The van der Waals surface area contributed by atoms with Gasteiger partial charge in [0.2, 0.25) is 0 Å². The highest BCUT2D eigenvalue weighted by molar-refractivity contribution is 9.10. The van der Waals surface area contributed by atoms with Gasteiger partial charge in [0.15, 0.2) is 0 Å². The molecule has 0 fully saturated rings. The van der Waals surface area contributed by atoms with Crippen molar-refractivity contribution in [3.63, 3.8) is 0 Å². The van der Waals surface area contributed by atoms with Crippen LogP contribution in [0.25, 0.3) is 0 Å². The van der Waals surface area contributed by atoms with E-state index in [1.807, 2.05) is 18.2 Å². The predicted octanol–water partition coefficient (Wildman–Crippen LogP) is 5.09. The standard InChI is InChI=1S/C18H22BrNO/c1-3-10-21-18-9-4-6-15(11-18)13-20-14(2)16-7-5-8-17(19)12-16/h4-9,11-12,14,20H,3,10,13H2,1-2H3/t14-/m0/s1. The summed E-state index contributed by atoms with van der Waals surface area (Å²) in [7, 11) is 0. The van der Waals surface area contributed by atoms with Gasteiger partial charge >= 0.3 is 0 Å². The fourth-order valence-electron chi connectivity index (χ4n) is 2.13. The Kier molecular flexibility index (Phi) is 6.27. The monoisotopic (exact) mass is 347 g/mol. The van der Waals surface area contributed by atoms with Crippen LogP contribution in [0, 0.1) is 0 Å². The number of benzene rings is 2. The third-order valence-electron chi connectivity index (χ3n) is 3.33. The Morgan fingerprint density at radius 1 is 1.14 bits per heavy atom. The molecule has 112 valence electrons. The fourth-order valence-corrected chi connectivity index (χ4v) is 2.55. The maximum Gasteiger partial charge on any atom is 0.119 e. The van der Waals surface area contributed by atoms with Crippen LogP contribution >= 0.6 is 15.9 Å². The third-order valence-corrected chi connectivity index (χ3v) is 3.83. The lowest BCUT2D eigenvalue weighted by Crippen LogP contribution is -2.18. The number of hydrogen-bond donors (Lipinski definition) is 1. The van der Waals surface area contributed by atoms with E-state index in [0.717, 1.165) is 29.8 Å². The van der Waals surface area contributed by atoms with Gasteiger partial charge in [0, 0.05) is 17.1 Å². The quantitative estimate of drug-likeness (QED) is 0.753. The van der Waals surface area contributed by atoms with Gasteiger partial charge in [-0.25, -0.2) is 0 Å². The largest absolute Gasteiger partial charge is 0.494 e. The van der Waals surface area contributed by atoms with E-state index < -0.39 is 0 Å². The number of ether oxygens (including phenoxy) is 1. The first kappa shape index (κ1) is 16.1. The highest BCUT2D eigenvalue weighted by atomic mass is 79.9. The van der Waals surface area contributed by atoms with Crippen LogP contribution in [0.2, 0.25) is 0 Å². The minimum Gasteiger partial charge on any atom is -0.494 e. The summed E-state index contributed by atoms with van der Waals surface area (Å²) in [4.78, 5) is 0. The van der Waals surface area contributed by atoms with Gasteiger partial charge in [-0.2, -0.15) is 0 Å². The van der Waals surface area contributed by atoms with Gasteiger partial charge in [-0.15, -0.1) is 0 Å². The number of rotatable bonds is 7. The Balaban J connectivity index is 1.93. The summed E-state index contributed by atoms with van der Waals surface area (Å²) in [5.74, 6) is 0.950. The first-order valence-electron chi connectivity index (χ1n) is 7.39. The van der Waals surface area contributed by atoms with Gasteiger partial charge in [0.1, 0.15) is 5.75 Å². The average molecular weight is 348 g/mol. The lowest BCUT2D eigenvalue weighted by Gasteiger charge is -2.15. The zero-order chi connectivity index (χ0) is 15.1. The Morgan fingerprint density at radius 3 is 2.71 bits per heavy atom. The molecule has 0 aliphatic rings. The molecule has 0 bridgehead atoms. The first-order valence-corrected chi connectivity index (χ1v) is 8.19. The molecule has 1 N–H and O–H groups in total. The van der Waals surface area contributed by atoms with E-state index in [0.29, 0.717) is 6.04 Å². The van der Waals surface area contributed by atoms with Crippen LogP contribution in [0.3, 0.4) is 0 Å². The van der Waals surface area contributed by atoms with Crippen molar-refractivity contribution in [2.75, 3.05) is 6.61 Å². The molecule has 2 aromatic carbocycles. The predicted molar refractivity (Wildman–Crippen MR) is 91.6 cm³/mol. The van der Waals surface area contributed by atoms with Crippen molar-refractivity contribution >= 4 is 15.9 Å². The molecule has 0 saturated heterocycles. The molecule has 0 spiro atoms. The second-order valence-electron chi connectivity index (χ2n) is 5.15. The van der Waals surface area contributed by atoms with Crippen LogP contribution in [0.1, 0.15) is 37.4 Å². The molecule has 0 amide bonds. The van der Waals surface area contributed by atoms with Gasteiger partial charge < -0.3 is 10.1 Å². The molecule has 21 heavy (non-hydrogen) atoms. The molecule has 0 aliphatic carbocycles. The number of hydrogen-bond acceptors (Lipinski definition) is 2. The maximum absolute atomic E-state index is 5.67. The lowest BCUT2D eigenvalue weighted by atomic mass is 10.1. The molecule has 2 aromatic rings. The molecular weight excluding hydrogens is 326 g/mol. The van der Waals surface area contributed by atoms with E-state index in [1.165, 1.54) is 11.1 Å². The molecule has 0 radical (unpaired) electrons. The molecule has 0 saturated carbocycles. The van der Waals surface area contributed by atoms with Crippen molar-refractivity contribution in [2.24, 2.45) is 0 Å². The molecule has 0 aromatic heterocycles. The molecule has 0 aliphatic heterocycles. The van der Waals surface area contributed by atoms with Gasteiger partial charge in [-0.3, -0.25) is 0 Å². The molecule has 3 heteroatoms. The van der Waals surface area contributed by atoms with Crippen molar-refractivity contribution in [1.82, 2.24) is 5.32 Å². The van der Waals surface area contributed by atoms with E-state index in [2.05, 4.69) is 65.4 Å². The molecule has 2 nitrogen and oxygen atoms in total. The van der Waals surface area contributed by atoms with E-state index in [1.54, 1.807) is 0 Å². The SMILES string of the molecule is CCCOc1cccc(CN[C@@H](C)c2cccc(Br)c2)c1. The summed E-state index contributed by atoms with van der Waals surface area (Å²) in [6.45, 7) is 5.90. The maximum atomic E-state index is 5.67. The van der Waals surface area contributed by atoms with Crippen LogP contribution in [-0.4, -0.2) is 6.61 Å². The van der Waals surface area contributed by atoms with Crippen molar-refractivity contribution < 1.29 is 4.74 Å². The summed E-state index contributed by atoms with van der Waals surface area (Å²) < 4.78 is 6.78. The van der Waals surface area contributed by atoms with E-state index in [9.17, 15) is 0 Å². The van der Waals surface area contributed by atoms with Gasteiger partial charge in [-0.05, 0) is 48.7 Å². The van der Waals surface area contributed by atoms with Gasteiger partial charge in [0.05, 0.1) is 6.61 Å². The number of nitrogens with one attached hydrogen (secondary N) is 1. The second kappa shape index (κ2) is 8.20. The van der Waals surface area contributed by atoms with E-state index in [4.69, 9.17) is 4.74 Å². The normalized spacial score (nSPS) is 12.1. The van der Waals surface area contributed by atoms with Crippen molar-refractivity contribution in [1.29, 1.82) is 0 Å². The van der Waals surface area contributed by atoms with Crippen LogP contribution in [0.4, 0.5) is 0 Å². The Hall–Kier alpha value is -1.32. The van der Waals surface area contributed by atoms with Gasteiger partial charge in [-0.1, -0.05) is 47.1 Å². The van der Waals surface area contributed by atoms with Gasteiger partial charge in [0.25, 0.3) is 0 Å². The smallest absolute Gasteiger partial charge is 0.119 e. The molecule has 0 unspecified atom stereocenters. The summed E-state index contributed by atoms with van der Waals surface area (Å²) in [6.07, 6.45) is 1.03. The highest BCUT2D eigenvalue weighted by Gasteiger charge is 2.05. The fraction of sp³-hybridized carbons (Fsp3) is 0.333. The summed E-state index contributed by atoms with van der Waals surface area (Å²) in [5, 5.41) is 3.55. The highest BCUT2D eigenvalue weighted by Crippen LogP contribution is 2.19. The molecule has 1 atom stereocenters. The zero-order valence-corrected chi connectivity index (χ0v) is 14.2. The Bertz CT molecular complexity index is 571. The van der Waals surface area contributed by atoms with Crippen LogP contribution < -0.4 is 10.1 Å². The zero-order valence-electron chi connectivity index (χ0n) is 12.6. The summed E-state index contributed by atoms with van der Waals surface area (Å²) in [5.41, 5.74) is 2.52. The Morgan fingerprint density at radius 2 is 1.95 bits per heavy atom.